The normalized spacial score (nSPS) is 14.0. The molecule has 0 aliphatic carbocycles. The zero-order valence-corrected chi connectivity index (χ0v) is 17.3. The molecule has 2 aromatic carbocycles. The number of benzene rings is 2. The number of pyridine rings is 1. The van der Waals surface area contributed by atoms with Crippen LogP contribution in [0.5, 0.6) is 5.75 Å². The number of hydrogen-bond acceptors (Lipinski definition) is 4. The van der Waals surface area contributed by atoms with Gasteiger partial charge in [-0.1, -0.05) is 23.7 Å². The summed E-state index contributed by atoms with van der Waals surface area (Å²) in [5.74, 6) is -0.122. The second kappa shape index (κ2) is 7.22. The quantitative estimate of drug-likeness (QED) is 0.506. The first-order chi connectivity index (χ1) is 14.5. The zero-order valence-electron chi connectivity index (χ0n) is 16.5. The number of aromatic hydroxyl groups is 1. The van der Waals surface area contributed by atoms with Crippen molar-refractivity contribution in [3.8, 4) is 22.6 Å². The second-order valence-electron chi connectivity index (χ2n) is 7.67. The smallest absolute Gasteiger partial charge is 0.278 e. The number of halogens is 1. The molecule has 152 valence electrons. The Hall–Kier alpha value is -3.25. The Morgan fingerprint density at radius 3 is 2.50 bits per heavy atom. The topological polar surface area (TPSA) is 74.2 Å². The highest BCUT2D eigenvalue weighted by Gasteiger charge is 2.18. The Bertz CT molecular complexity index is 1300. The molecule has 0 atom stereocenters. The maximum Gasteiger partial charge on any atom is 0.278 e. The van der Waals surface area contributed by atoms with Crippen molar-refractivity contribution in [1.29, 1.82) is 0 Å². The van der Waals surface area contributed by atoms with E-state index in [1.165, 1.54) is 23.2 Å². The van der Waals surface area contributed by atoms with E-state index < -0.39 is 5.56 Å². The average molecular weight is 421 g/mol. The van der Waals surface area contributed by atoms with E-state index in [9.17, 15) is 9.90 Å². The lowest BCUT2D eigenvalue weighted by molar-refractivity contribution is 0.475. The van der Waals surface area contributed by atoms with E-state index in [4.69, 9.17) is 11.6 Å². The zero-order chi connectivity index (χ0) is 20.8. The average Bonchev–Trinajstić information content (AvgIpc) is 3.40. The van der Waals surface area contributed by atoms with Crippen LogP contribution >= 0.6 is 11.6 Å². The number of anilines is 1. The van der Waals surface area contributed by atoms with Crippen molar-refractivity contribution in [2.75, 3.05) is 18.0 Å². The minimum Gasteiger partial charge on any atom is -0.505 e. The van der Waals surface area contributed by atoms with E-state index in [1.807, 2.05) is 25.1 Å². The summed E-state index contributed by atoms with van der Waals surface area (Å²) < 4.78 is 1.39. The SMILES string of the molecule is Cc1ccn(-c2c(O)c3cc(-c4ccc(N5CCCC5)cc4)c(Cl)cc3[nH]c2=O)n1. The molecule has 4 aromatic rings. The summed E-state index contributed by atoms with van der Waals surface area (Å²) in [5.41, 5.74) is 3.84. The Morgan fingerprint density at radius 1 is 1.10 bits per heavy atom. The molecule has 1 fully saturated rings. The van der Waals surface area contributed by atoms with Gasteiger partial charge >= 0.3 is 0 Å². The number of H-pyrrole nitrogens is 1. The second-order valence-corrected chi connectivity index (χ2v) is 8.08. The third-order valence-corrected chi connectivity index (χ3v) is 5.96. The molecule has 30 heavy (non-hydrogen) atoms. The van der Waals surface area contributed by atoms with Gasteiger partial charge in [0, 0.05) is 35.9 Å². The Morgan fingerprint density at radius 2 is 1.83 bits per heavy atom. The lowest BCUT2D eigenvalue weighted by Gasteiger charge is -2.18. The lowest BCUT2D eigenvalue weighted by atomic mass is 10.0. The third kappa shape index (κ3) is 3.13. The molecule has 6 nitrogen and oxygen atoms in total. The van der Waals surface area contributed by atoms with Crippen LogP contribution in [0.2, 0.25) is 5.02 Å². The molecule has 0 spiro atoms. The molecule has 1 aliphatic rings. The number of nitrogens with one attached hydrogen (secondary N) is 1. The van der Waals surface area contributed by atoms with Gasteiger partial charge in [0.15, 0.2) is 11.4 Å². The van der Waals surface area contributed by atoms with E-state index in [-0.39, 0.29) is 11.4 Å². The van der Waals surface area contributed by atoms with Crippen LogP contribution < -0.4 is 10.5 Å². The number of aryl methyl sites for hydroxylation is 1. The van der Waals surface area contributed by atoms with Gasteiger partial charge < -0.3 is 15.0 Å². The Labute approximate surface area is 178 Å². The molecule has 2 N–H and O–H groups in total. The van der Waals surface area contributed by atoms with Crippen molar-refractivity contribution in [1.82, 2.24) is 14.8 Å². The van der Waals surface area contributed by atoms with Gasteiger partial charge in [0.2, 0.25) is 0 Å². The van der Waals surface area contributed by atoms with Crippen LogP contribution in [0.15, 0.2) is 53.5 Å². The van der Waals surface area contributed by atoms with Crippen LogP contribution in [0.1, 0.15) is 18.5 Å². The molecule has 7 heteroatoms. The fourth-order valence-electron chi connectivity index (χ4n) is 4.09. The van der Waals surface area contributed by atoms with Crippen molar-refractivity contribution >= 4 is 28.2 Å². The highest BCUT2D eigenvalue weighted by atomic mass is 35.5. The van der Waals surface area contributed by atoms with Gasteiger partial charge in [-0.05, 0) is 55.7 Å². The summed E-state index contributed by atoms with van der Waals surface area (Å²) in [5, 5.41) is 16.2. The molecule has 0 radical (unpaired) electrons. The first-order valence-electron chi connectivity index (χ1n) is 9.98. The maximum absolute atomic E-state index is 12.6. The summed E-state index contributed by atoms with van der Waals surface area (Å²) >= 11 is 6.54. The van der Waals surface area contributed by atoms with E-state index in [0.29, 0.717) is 15.9 Å². The van der Waals surface area contributed by atoms with Crippen LogP contribution in [0, 0.1) is 6.92 Å². The molecule has 0 saturated carbocycles. The van der Waals surface area contributed by atoms with Crippen LogP contribution in [-0.4, -0.2) is 33.0 Å². The van der Waals surface area contributed by atoms with Gasteiger partial charge in [0.05, 0.1) is 16.2 Å². The highest BCUT2D eigenvalue weighted by Crippen LogP contribution is 2.36. The Balaban J connectivity index is 1.62. The van der Waals surface area contributed by atoms with Crippen LogP contribution in [0.25, 0.3) is 27.7 Å². The van der Waals surface area contributed by atoms with Crippen molar-refractivity contribution in [2.45, 2.75) is 19.8 Å². The largest absolute Gasteiger partial charge is 0.505 e. The summed E-state index contributed by atoms with van der Waals surface area (Å²) in [6.07, 6.45) is 4.11. The van der Waals surface area contributed by atoms with Crippen molar-refractivity contribution in [3.05, 3.63) is 69.7 Å². The number of aromatic nitrogens is 3. The molecule has 5 rings (SSSR count). The lowest BCUT2D eigenvalue weighted by Crippen LogP contribution is -2.17. The molecular weight excluding hydrogens is 400 g/mol. The summed E-state index contributed by atoms with van der Waals surface area (Å²) in [6.45, 7) is 4.01. The van der Waals surface area contributed by atoms with E-state index >= 15 is 0 Å². The van der Waals surface area contributed by atoms with Gasteiger partial charge in [0.1, 0.15) is 0 Å². The summed E-state index contributed by atoms with van der Waals surface area (Å²) in [7, 11) is 0. The van der Waals surface area contributed by atoms with Crippen LogP contribution in [-0.2, 0) is 0 Å². The predicted molar refractivity (Wildman–Crippen MR) is 120 cm³/mol. The highest BCUT2D eigenvalue weighted by molar-refractivity contribution is 6.34. The van der Waals surface area contributed by atoms with E-state index in [1.54, 1.807) is 18.3 Å². The molecule has 0 bridgehead atoms. The molecule has 3 heterocycles. The third-order valence-electron chi connectivity index (χ3n) is 5.65. The number of nitrogens with zero attached hydrogens (tertiary/aromatic N) is 3. The minimum atomic E-state index is -0.429. The van der Waals surface area contributed by atoms with Crippen molar-refractivity contribution in [2.24, 2.45) is 0 Å². The fraction of sp³-hybridized carbons (Fsp3) is 0.217. The monoisotopic (exact) mass is 420 g/mol. The molecule has 1 saturated heterocycles. The first-order valence-corrected chi connectivity index (χ1v) is 10.4. The number of hydrogen-bond donors (Lipinski definition) is 2. The van der Waals surface area contributed by atoms with Crippen molar-refractivity contribution in [3.63, 3.8) is 0 Å². The standard InChI is InChI=1S/C23H21ClN4O2/c1-14-8-11-28(26-14)21-22(29)18-12-17(19(24)13-20(18)25-23(21)30)15-4-6-16(7-5-15)27-9-2-3-10-27/h4-8,11-13H,2-3,9-10H2,1H3,(H2,25,29,30). The number of fused-ring (bicyclic) bond motifs is 1. The van der Waals surface area contributed by atoms with Gasteiger partial charge in [-0.25, -0.2) is 4.68 Å². The predicted octanol–water partition coefficient (Wildman–Crippen LogP) is 4.65. The van der Waals surface area contributed by atoms with Crippen LogP contribution in [0.4, 0.5) is 5.69 Å². The molecule has 2 aromatic heterocycles. The van der Waals surface area contributed by atoms with Gasteiger partial charge in [-0.2, -0.15) is 5.10 Å². The van der Waals surface area contributed by atoms with Gasteiger partial charge in [0.25, 0.3) is 5.56 Å². The summed E-state index contributed by atoms with van der Waals surface area (Å²) in [4.78, 5) is 17.7. The number of aromatic amines is 1. The molecular formula is C23H21ClN4O2. The summed E-state index contributed by atoms with van der Waals surface area (Å²) in [6, 6.07) is 13.6. The van der Waals surface area contributed by atoms with Gasteiger partial charge in [-0.3, -0.25) is 4.79 Å². The minimum absolute atomic E-state index is 0.0910. The molecule has 0 amide bonds. The fourth-order valence-corrected chi connectivity index (χ4v) is 4.36. The molecule has 0 unspecified atom stereocenters. The first kappa shape index (κ1) is 18.8. The van der Waals surface area contributed by atoms with E-state index in [2.05, 4.69) is 27.1 Å². The van der Waals surface area contributed by atoms with E-state index in [0.717, 1.165) is 29.9 Å². The van der Waals surface area contributed by atoms with Gasteiger partial charge in [-0.15, -0.1) is 0 Å². The maximum atomic E-state index is 12.6. The molecule has 1 aliphatic heterocycles. The van der Waals surface area contributed by atoms with Crippen molar-refractivity contribution < 1.29 is 5.11 Å². The Kier molecular flexibility index (Phi) is 4.51. The number of rotatable bonds is 3. The van der Waals surface area contributed by atoms with Crippen LogP contribution in [0.3, 0.4) is 0 Å².